The summed E-state index contributed by atoms with van der Waals surface area (Å²) in [7, 11) is 0. The summed E-state index contributed by atoms with van der Waals surface area (Å²) in [4.78, 5) is 2.38. The van der Waals surface area contributed by atoms with Crippen LogP contribution in [0.25, 0.3) is 93.5 Å². The molecule has 0 spiro atoms. The minimum atomic E-state index is 1.08. The number of benzene rings is 11. The Bertz CT molecular complexity index is 3610. The molecule has 0 unspecified atom stereocenters. The fourth-order valence-corrected chi connectivity index (χ4v) is 9.75. The quantitative estimate of drug-likeness (QED) is 0.148. The molecule has 0 aliphatic rings. The predicted octanol–water partition coefficient (Wildman–Crippen LogP) is 17.2. The lowest BCUT2D eigenvalue weighted by Crippen LogP contribution is -2.10. The van der Waals surface area contributed by atoms with Crippen molar-refractivity contribution in [2.75, 3.05) is 4.90 Å². The Morgan fingerprint density at radius 1 is 0.250 bits per heavy atom. The Kier molecular flexibility index (Phi) is 9.20. The van der Waals surface area contributed by atoms with Gasteiger partial charge in [-0.2, -0.15) is 0 Å². The van der Waals surface area contributed by atoms with Crippen LogP contribution in [-0.4, -0.2) is 4.57 Å². The number of hydrogen-bond donors (Lipinski definition) is 0. The summed E-state index contributed by atoms with van der Waals surface area (Å²) < 4.78 is 2.43. The van der Waals surface area contributed by atoms with Gasteiger partial charge < -0.3 is 9.47 Å². The summed E-state index contributed by atoms with van der Waals surface area (Å²) in [6.45, 7) is 0. The summed E-state index contributed by atoms with van der Waals surface area (Å²) >= 11 is 0. The van der Waals surface area contributed by atoms with Crippen molar-refractivity contribution in [1.82, 2.24) is 4.57 Å². The number of fused-ring (bicyclic) bond motifs is 5. The van der Waals surface area contributed by atoms with Crippen LogP contribution in [0.15, 0.2) is 255 Å². The molecule has 0 atom stereocenters. The topological polar surface area (TPSA) is 8.17 Å². The SMILES string of the molecule is c1cc(-c2cccc3ccccc23)cc(N(c2ccc(-c3ccc4ccccc4c3)cc2)c2ccc(-c3ccccc3-c3ccccc3-n3c4ccccc4c4ccccc43)cc2)c1. The van der Waals surface area contributed by atoms with Gasteiger partial charge in [-0.15, -0.1) is 0 Å². The van der Waals surface area contributed by atoms with Crippen molar-refractivity contribution in [3.63, 3.8) is 0 Å². The average molecular weight is 815 g/mol. The summed E-state index contributed by atoms with van der Waals surface area (Å²) in [6.07, 6.45) is 0. The molecule has 12 aromatic rings. The monoisotopic (exact) mass is 814 g/mol. The van der Waals surface area contributed by atoms with Crippen molar-refractivity contribution in [3.05, 3.63) is 255 Å². The Labute approximate surface area is 373 Å². The molecule has 11 aromatic carbocycles. The predicted molar refractivity (Wildman–Crippen MR) is 272 cm³/mol. The molecule has 300 valence electrons. The molecule has 0 bridgehead atoms. The molecule has 0 aliphatic carbocycles. The minimum Gasteiger partial charge on any atom is -0.310 e. The van der Waals surface area contributed by atoms with Crippen LogP contribution in [0, 0.1) is 0 Å². The van der Waals surface area contributed by atoms with Crippen molar-refractivity contribution < 1.29 is 0 Å². The van der Waals surface area contributed by atoms with Crippen LogP contribution in [0.2, 0.25) is 0 Å². The zero-order valence-corrected chi connectivity index (χ0v) is 35.1. The number of aromatic nitrogens is 1. The van der Waals surface area contributed by atoms with Crippen molar-refractivity contribution in [2.24, 2.45) is 0 Å². The summed E-state index contributed by atoms with van der Waals surface area (Å²) in [5, 5.41) is 7.49. The van der Waals surface area contributed by atoms with Crippen molar-refractivity contribution in [1.29, 1.82) is 0 Å². The van der Waals surface area contributed by atoms with E-state index in [-0.39, 0.29) is 0 Å². The fraction of sp³-hybridized carbons (Fsp3) is 0. The molecule has 1 heterocycles. The highest BCUT2D eigenvalue weighted by Crippen LogP contribution is 2.42. The second-order valence-electron chi connectivity index (χ2n) is 16.5. The molecular weight excluding hydrogens is 773 g/mol. The molecule has 1 aromatic heterocycles. The van der Waals surface area contributed by atoms with Gasteiger partial charge in [0.15, 0.2) is 0 Å². The molecule has 0 N–H and O–H groups in total. The van der Waals surface area contributed by atoms with E-state index in [0.717, 1.165) is 28.3 Å². The molecule has 0 amide bonds. The molecule has 0 aliphatic heterocycles. The van der Waals surface area contributed by atoms with E-state index < -0.39 is 0 Å². The van der Waals surface area contributed by atoms with Crippen molar-refractivity contribution in [3.8, 4) is 50.2 Å². The van der Waals surface area contributed by atoms with Crippen molar-refractivity contribution >= 4 is 60.4 Å². The van der Waals surface area contributed by atoms with Crippen LogP contribution in [0.4, 0.5) is 17.1 Å². The van der Waals surface area contributed by atoms with Crippen LogP contribution in [0.5, 0.6) is 0 Å². The van der Waals surface area contributed by atoms with Crippen LogP contribution >= 0.6 is 0 Å². The first-order chi connectivity index (χ1) is 31.7. The minimum absolute atomic E-state index is 1.08. The summed E-state index contributed by atoms with van der Waals surface area (Å²) in [6, 6.07) is 92.7. The molecular formula is C62H42N2. The molecule has 64 heavy (non-hydrogen) atoms. The second-order valence-corrected chi connectivity index (χ2v) is 16.5. The third kappa shape index (κ3) is 6.52. The van der Waals surface area contributed by atoms with Crippen molar-refractivity contribution in [2.45, 2.75) is 0 Å². The fourth-order valence-electron chi connectivity index (χ4n) is 9.75. The van der Waals surface area contributed by atoms with E-state index in [9.17, 15) is 0 Å². The normalized spacial score (nSPS) is 11.4. The van der Waals surface area contributed by atoms with Gasteiger partial charge in [-0.3, -0.25) is 0 Å². The maximum absolute atomic E-state index is 2.43. The number of rotatable bonds is 8. The van der Waals surface area contributed by atoms with Crippen LogP contribution in [0.1, 0.15) is 0 Å². The van der Waals surface area contributed by atoms with E-state index in [1.165, 1.54) is 82.3 Å². The van der Waals surface area contributed by atoms with Gasteiger partial charge in [-0.1, -0.05) is 194 Å². The van der Waals surface area contributed by atoms with E-state index in [1.54, 1.807) is 0 Å². The first-order valence-electron chi connectivity index (χ1n) is 22.0. The molecule has 0 fully saturated rings. The Balaban J connectivity index is 0.962. The summed E-state index contributed by atoms with van der Waals surface area (Å²) in [5.74, 6) is 0. The van der Waals surface area contributed by atoms with Gasteiger partial charge in [-0.25, -0.2) is 0 Å². The van der Waals surface area contributed by atoms with E-state index in [0.29, 0.717) is 0 Å². The number of para-hydroxylation sites is 3. The van der Waals surface area contributed by atoms with Crippen LogP contribution in [-0.2, 0) is 0 Å². The smallest absolute Gasteiger partial charge is 0.0541 e. The number of hydrogen-bond acceptors (Lipinski definition) is 1. The average Bonchev–Trinajstić information content (AvgIpc) is 3.71. The third-order valence-electron chi connectivity index (χ3n) is 12.8. The zero-order chi connectivity index (χ0) is 42.4. The standard InChI is InChI=1S/C62H42N2/c1-2-17-47-41-48(32-31-43(47)15-1)44-33-37-50(38-34-44)63(52-20-13-19-49(42-52)55-27-14-18-45-16-3-4-21-53(45)55)51-39-35-46(36-40-51)54-22-5-6-23-56(54)57-24-7-10-28-60(57)64-61-29-11-8-25-58(61)59-26-9-12-30-62(59)64/h1-42H. The molecule has 12 rings (SSSR count). The number of nitrogens with zero attached hydrogens (tertiary/aromatic N) is 2. The van der Waals surface area contributed by atoms with Gasteiger partial charge >= 0.3 is 0 Å². The maximum Gasteiger partial charge on any atom is 0.0541 e. The van der Waals surface area contributed by atoms with Gasteiger partial charge in [-0.05, 0) is 121 Å². The lowest BCUT2D eigenvalue weighted by atomic mass is 9.93. The van der Waals surface area contributed by atoms with Gasteiger partial charge in [0.05, 0.1) is 16.7 Å². The highest BCUT2D eigenvalue weighted by molar-refractivity contribution is 6.10. The van der Waals surface area contributed by atoms with Crippen LogP contribution < -0.4 is 4.90 Å². The first-order valence-corrected chi connectivity index (χ1v) is 22.0. The van der Waals surface area contributed by atoms with E-state index in [2.05, 4.69) is 264 Å². The maximum atomic E-state index is 2.43. The third-order valence-corrected chi connectivity index (χ3v) is 12.8. The molecule has 0 radical (unpaired) electrons. The second kappa shape index (κ2) is 15.8. The first kappa shape index (κ1) is 37.3. The lowest BCUT2D eigenvalue weighted by Gasteiger charge is -2.27. The lowest BCUT2D eigenvalue weighted by molar-refractivity contribution is 1.18. The van der Waals surface area contributed by atoms with Crippen LogP contribution in [0.3, 0.4) is 0 Å². The summed E-state index contributed by atoms with van der Waals surface area (Å²) in [5.41, 5.74) is 16.4. The molecule has 2 nitrogen and oxygen atoms in total. The van der Waals surface area contributed by atoms with E-state index in [4.69, 9.17) is 0 Å². The number of anilines is 3. The highest BCUT2D eigenvalue weighted by atomic mass is 15.1. The Morgan fingerprint density at radius 2 is 0.766 bits per heavy atom. The van der Waals surface area contributed by atoms with Gasteiger partial charge in [0, 0.05) is 33.4 Å². The van der Waals surface area contributed by atoms with E-state index in [1.807, 2.05) is 0 Å². The molecule has 0 saturated carbocycles. The van der Waals surface area contributed by atoms with E-state index >= 15 is 0 Å². The van der Waals surface area contributed by atoms with Gasteiger partial charge in [0.2, 0.25) is 0 Å². The largest absolute Gasteiger partial charge is 0.310 e. The van der Waals surface area contributed by atoms with Gasteiger partial charge in [0.1, 0.15) is 0 Å². The highest BCUT2D eigenvalue weighted by Gasteiger charge is 2.19. The Hall–Kier alpha value is -8.46. The van der Waals surface area contributed by atoms with Gasteiger partial charge in [0.25, 0.3) is 0 Å². The molecule has 2 heteroatoms. The Morgan fingerprint density at radius 3 is 1.50 bits per heavy atom. The zero-order valence-electron chi connectivity index (χ0n) is 35.1. The molecule has 0 saturated heterocycles.